The van der Waals surface area contributed by atoms with Gasteiger partial charge in [0.15, 0.2) is 17.6 Å². The smallest absolute Gasteiger partial charge is 0.261 e. The van der Waals surface area contributed by atoms with Crippen molar-refractivity contribution in [3.8, 4) is 23.3 Å². The predicted octanol–water partition coefficient (Wildman–Crippen LogP) is 3.61. The SMILES string of the molecule is CC(Oc1ccc(C#N)cc1)C(=O)NC(c1ccc2c(c1)OCCO2)C(C)C. The largest absolute Gasteiger partial charge is 0.486 e. The Morgan fingerprint density at radius 3 is 2.39 bits per heavy atom. The van der Waals surface area contributed by atoms with E-state index in [-0.39, 0.29) is 17.9 Å². The van der Waals surface area contributed by atoms with Gasteiger partial charge in [-0.05, 0) is 54.8 Å². The molecule has 1 aliphatic rings. The van der Waals surface area contributed by atoms with E-state index in [0.29, 0.717) is 30.3 Å². The van der Waals surface area contributed by atoms with Crippen molar-refractivity contribution in [2.75, 3.05) is 13.2 Å². The zero-order chi connectivity index (χ0) is 20.1. The lowest BCUT2D eigenvalue weighted by atomic mass is 9.95. The van der Waals surface area contributed by atoms with Crippen LogP contribution in [0, 0.1) is 17.2 Å². The fourth-order valence-electron chi connectivity index (χ4n) is 3.02. The summed E-state index contributed by atoms with van der Waals surface area (Å²) in [6, 6.07) is 14.3. The van der Waals surface area contributed by atoms with E-state index >= 15 is 0 Å². The molecule has 2 unspecified atom stereocenters. The highest BCUT2D eigenvalue weighted by Crippen LogP contribution is 2.34. The van der Waals surface area contributed by atoms with Gasteiger partial charge >= 0.3 is 0 Å². The lowest BCUT2D eigenvalue weighted by Crippen LogP contribution is -2.40. The number of fused-ring (bicyclic) bond motifs is 1. The van der Waals surface area contributed by atoms with Gasteiger partial charge in [0, 0.05) is 0 Å². The Balaban J connectivity index is 1.69. The summed E-state index contributed by atoms with van der Waals surface area (Å²) in [6.45, 7) is 6.86. The van der Waals surface area contributed by atoms with E-state index in [2.05, 4.69) is 11.4 Å². The molecule has 0 fully saturated rings. The summed E-state index contributed by atoms with van der Waals surface area (Å²) in [5.74, 6) is 1.93. The van der Waals surface area contributed by atoms with Crippen molar-refractivity contribution in [3.05, 3.63) is 53.6 Å². The zero-order valence-corrected chi connectivity index (χ0v) is 16.3. The molecule has 3 rings (SSSR count). The maximum absolute atomic E-state index is 12.7. The molecule has 0 aliphatic carbocycles. The summed E-state index contributed by atoms with van der Waals surface area (Å²) in [4.78, 5) is 12.7. The third-order valence-corrected chi connectivity index (χ3v) is 4.56. The van der Waals surface area contributed by atoms with Crippen LogP contribution < -0.4 is 19.5 Å². The molecule has 146 valence electrons. The van der Waals surface area contributed by atoms with Crippen LogP contribution in [0.2, 0.25) is 0 Å². The monoisotopic (exact) mass is 380 g/mol. The summed E-state index contributed by atoms with van der Waals surface area (Å²) in [5, 5.41) is 11.9. The molecule has 0 bridgehead atoms. The Morgan fingerprint density at radius 2 is 1.75 bits per heavy atom. The molecule has 0 radical (unpaired) electrons. The summed E-state index contributed by atoms with van der Waals surface area (Å²) >= 11 is 0. The van der Waals surface area contributed by atoms with Crippen LogP contribution in [0.25, 0.3) is 0 Å². The van der Waals surface area contributed by atoms with E-state index in [1.54, 1.807) is 31.2 Å². The summed E-state index contributed by atoms with van der Waals surface area (Å²) in [5.41, 5.74) is 1.50. The molecule has 2 aromatic carbocycles. The van der Waals surface area contributed by atoms with Crippen LogP contribution in [-0.2, 0) is 4.79 Å². The molecule has 28 heavy (non-hydrogen) atoms. The number of hydrogen-bond acceptors (Lipinski definition) is 5. The highest BCUT2D eigenvalue weighted by molar-refractivity contribution is 5.81. The van der Waals surface area contributed by atoms with Gasteiger partial charge in [0.25, 0.3) is 5.91 Å². The summed E-state index contributed by atoms with van der Waals surface area (Å²) < 4.78 is 16.9. The van der Waals surface area contributed by atoms with Gasteiger partial charge in [-0.3, -0.25) is 4.79 Å². The summed E-state index contributed by atoms with van der Waals surface area (Å²) in [7, 11) is 0. The average molecular weight is 380 g/mol. The van der Waals surface area contributed by atoms with Crippen LogP contribution in [0.15, 0.2) is 42.5 Å². The lowest BCUT2D eigenvalue weighted by molar-refractivity contribution is -0.128. The molecule has 1 N–H and O–H groups in total. The van der Waals surface area contributed by atoms with Crippen LogP contribution in [0.3, 0.4) is 0 Å². The van der Waals surface area contributed by atoms with Crippen molar-refractivity contribution in [2.45, 2.75) is 32.9 Å². The van der Waals surface area contributed by atoms with Gasteiger partial charge in [-0.1, -0.05) is 19.9 Å². The minimum Gasteiger partial charge on any atom is -0.486 e. The molecule has 6 heteroatoms. The van der Waals surface area contributed by atoms with E-state index in [9.17, 15) is 4.79 Å². The fraction of sp³-hybridized carbons (Fsp3) is 0.364. The lowest BCUT2D eigenvalue weighted by Gasteiger charge is -2.26. The maximum Gasteiger partial charge on any atom is 0.261 e. The molecule has 2 aromatic rings. The van der Waals surface area contributed by atoms with Gasteiger partial charge in [-0.2, -0.15) is 5.26 Å². The van der Waals surface area contributed by atoms with E-state index in [0.717, 1.165) is 11.3 Å². The van der Waals surface area contributed by atoms with Crippen LogP contribution >= 0.6 is 0 Å². The third kappa shape index (κ3) is 4.55. The quantitative estimate of drug-likeness (QED) is 0.828. The Morgan fingerprint density at radius 1 is 1.07 bits per heavy atom. The first-order valence-corrected chi connectivity index (χ1v) is 9.34. The van der Waals surface area contributed by atoms with Crippen molar-refractivity contribution >= 4 is 5.91 Å². The zero-order valence-electron chi connectivity index (χ0n) is 16.3. The number of nitriles is 1. The molecule has 0 saturated carbocycles. The van der Waals surface area contributed by atoms with Crippen molar-refractivity contribution in [1.82, 2.24) is 5.32 Å². The van der Waals surface area contributed by atoms with Gasteiger partial charge in [-0.15, -0.1) is 0 Å². The standard InChI is InChI=1S/C22H24N2O4/c1-14(2)21(17-6-9-19-20(12-17)27-11-10-26-19)24-22(25)15(3)28-18-7-4-16(13-23)5-8-18/h4-9,12,14-15,21H,10-11H2,1-3H3,(H,24,25). The van der Waals surface area contributed by atoms with Crippen LogP contribution in [-0.4, -0.2) is 25.2 Å². The first-order valence-electron chi connectivity index (χ1n) is 9.34. The van der Waals surface area contributed by atoms with E-state index in [1.807, 2.05) is 32.0 Å². The second-order valence-electron chi connectivity index (χ2n) is 7.03. The number of hydrogen-bond donors (Lipinski definition) is 1. The first-order chi connectivity index (χ1) is 13.5. The van der Waals surface area contributed by atoms with Crippen molar-refractivity contribution in [3.63, 3.8) is 0 Å². The molecule has 2 atom stereocenters. The predicted molar refractivity (Wildman–Crippen MR) is 104 cm³/mol. The maximum atomic E-state index is 12.7. The van der Waals surface area contributed by atoms with Gasteiger partial charge in [-0.25, -0.2) is 0 Å². The third-order valence-electron chi connectivity index (χ3n) is 4.56. The highest BCUT2D eigenvalue weighted by Gasteiger charge is 2.24. The number of amides is 1. The average Bonchev–Trinajstić information content (AvgIpc) is 2.71. The minimum atomic E-state index is -0.675. The number of carbonyl (C=O) groups excluding carboxylic acids is 1. The molecule has 1 aliphatic heterocycles. The van der Waals surface area contributed by atoms with Crippen molar-refractivity contribution in [1.29, 1.82) is 5.26 Å². The molecule has 1 heterocycles. The Hall–Kier alpha value is -3.20. The number of benzene rings is 2. The fourth-order valence-corrected chi connectivity index (χ4v) is 3.02. The van der Waals surface area contributed by atoms with Crippen molar-refractivity contribution < 1.29 is 19.0 Å². The van der Waals surface area contributed by atoms with Crippen molar-refractivity contribution in [2.24, 2.45) is 5.92 Å². The summed E-state index contributed by atoms with van der Waals surface area (Å²) in [6.07, 6.45) is -0.675. The molecular weight excluding hydrogens is 356 g/mol. The van der Waals surface area contributed by atoms with Gasteiger partial charge < -0.3 is 19.5 Å². The van der Waals surface area contributed by atoms with E-state index in [4.69, 9.17) is 19.5 Å². The number of ether oxygens (including phenoxy) is 3. The van der Waals surface area contributed by atoms with E-state index in [1.165, 1.54) is 0 Å². The Kier molecular flexibility index (Phi) is 6.05. The van der Waals surface area contributed by atoms with Crippen LogP contribution in [0.1, 0.15) is 37.9 Å². The minimum absolute atomic E-state index is 0.175. The van der Waals surface area contributed by atoms with Gasteiger partial charge in [0.1, 0.15) is 19.0 Å². The number of nitrogens with one attached hydrogen (secondary N) is 1. The molecule has 1 amide bonds. The van der Waals surface area contributed by atoms with E-state index < -0.39 is 6.10 Å². The molecule has 0 saturated heterocycles. The first kappa shape index (κ1) is 19.6. The second-order valence-corrected chi connectivity index (χ2v) is 7.03. The molecule has 0 aromatic heterocycles. The molecular formula is C22H24N2O4. The molecule has 0 spiro atoms. The Labute approximate surface area is 165 Å². The van der Waals surface area contributed by atoms with Crippen LogP contribution in [0.4, 0.5) is 0 Å². The highest BCUT2D eigenvalue weighted by atomic mass is 16.6. The number of nitrogens with zero attached hydrogens (tertiary/aromatic N) is 1. The Bertz CT molecular complexity index is 871. The topological polar surface area (TPSA) is 80.6 Å². The van der Waals surface area contributed by atoms with Gasteiger partial charge in [0.05, 0.1) is 17.7 Å². The number of rotatable bonds is 6. The second kappa shape index (κ2) is 8.66. The van der Waals surface area contributed by atoms with Crippen LogP contribution in [0.5, 0.6) is 17.2 Å². The number of carbonyl (C=O) groups is 1. The molecule has 6 nitrogen and oxygen atoms in total. The normalized spacial score (nSPS) is 14.7. The van der Waals surface area contributed by atoms with Gasteiger partial charge in [0.2, 0.25) is 0 Å².